The van der Waals surface area contributed by atoms with E-state index in [9.17, 15) is 0 Å². The zero-order valence-electron chi connectivity index (χ0n) is 5.41. The van der Waals surface area contributed by atoms with Gasteiger partial charge in [-0.25, -0.2) is 0 Å². The minimum atomic E-state index is 0. The molecule has 1 heteroatoms. The second kappa shape index (κ2) is 30.3. The molecular weight excluding hydrogens is 142 g/mol. The molecule has 0 rings (SSSR count). The van der Waals surface area contributed by atoms with Gasteiger partial charge in [0.25, 0.3) is 0 Å². The fourth-order valence-corrected chi connectivity index (χ4v) is 0. The van der Waals surface area contributed by atoms with Gasteiger partial charge in [-0.05, 0) is 0 Å². The summed E-state index contributed by atoms with van der Waals surface area (Å²) in [6, 6.07) is 0. The molecule has 0 aromatic carbocycles. The quantitative estimate of drug-likeness (QED) is 0.474. The molecule has 0 amide bonds. The van der Waals surface area contributed by atoms with Crippen LogP contribution in [0.2, 0.25) is 0 Å². The summed E-state index contributed by atoms with van der Waals surface area (Å²) in [7, 11) is 0. The van der Waals surface area contributed by atoms with Crippen LogP contribution in [0.3, 0.4) is 0 Å². The maximum atomic E-state index is 3.49. The Bertz CT molecular complexity index is 10.5. The van der Waals surface area contributed by atoms with Crippen LogP contribution in [0.25, 0.3) is 0 Å². The van der Waals surface area contributed by atoms with Crippen molar-refractivity contribution in [3.05, 3.63) is 13.8 Å². The van der Waals surface area contributed by atoms with Crippen LogP contribution < -0.4 is 0 Å². The molecule has 0 aromatic rings. The van der Waals surface area contributed by atoms with Gasteiger partial charge < -0.3 is 0 Å². The van der Waals surface area contributed by atoms with E-state index in [2.05, 4.69) is 13.8 Å². The Morgan fingerprint density at radius 1 is 1.14 bits per heavy atom. The summed E-state index contributed by atoms with van der Waals surface area (Å²) in [5, 5.41) is 0. The maximum absolute atomic E-state index is 3.49. The van der Waals surface area contributed by atoms with Crippen molar-refractivity contribution in [3.63, 3.8) is 0 Å². The summed E-state index contributed by atoms with van der Waals surface area (Å²) in [6.45, 7) is 11.0. The third kappa shape index (κ3) is 352. The molecule has 43 valence electrons. The van der Waals surface area contributed by atoms with E-state index in [1.54, 1.807) is 0 Å². The zero-order valence-corrected chi connectivity index (χ0v) is 7.83. The predicted molar refractivity (Wildman–Crippen MR) is 39.2 cm³/mol. The van der Waals surface area contributed by atoms with Crippen molar-refractivity contribution in [1.82, 2.24) is 0 Å². The number of rotatable bonds is 0. The summed E-state index contributed by atoms with van der Waals surface area (Å²) in [4.78, 5) is 0. The average Bonchev–Trinajstić information content (AvgIpc) is 1.39. The van der Waals surface area contributed by atoms with Crippen LogP contribution in [-0.2, 0) is 0 Å². The molecule has 0 atom stereocenters. The van der Waals surface area contributed by atoms with Crippen LogP contribution in [0.15, 0.2) is 0 Å². The number of hydrogen-bond acceptors (Lipinski definition) is 0. The Kier molecular flexibility index (Phi) is 67.8. The molecule has 0 aliphatic heterocycles. The molecule has 0 bridgehead atoms. The first-order chi connectivity index (χ1) is 2.83. The average molecular weight is 158 g/mol. The van der Waals surface area contributed by atoms with Crippen molar-refractivity contribution in [2.75, 3.05) is 0 Å². The van der Waals surface area contributed by atoms with E-state index < -0.39 is 0 Å². The van der Waals surface area contributed by atoms with Gasteiger partial charge >= 0.3 is 0 Å². The van der Waals surface area contributed by atoms with Gasteiger partial charge in [0, 0.05) is 21.2 Å². The third-order valence-electron chi connectivity index (χ3n) is 0. The molecule has 5 radical (unpaired) electrons. The summed E-state index contributed by atoms with van der Waals surface area (Å²) >= 11 is 0. The second-order valence-electron chi connectivity index (χ2n) is 1.000. The fraction of sp³-hybridized carbons (Fsp3) is 0.667. The van der Waals surface area contributed by atoms with Crippen molar-refractivity contribution >= 4 is 19.8 Å². The molecule has 0 fully saturated rings. The molecule has 0 aromatic heterocycles. The van der Waals surface area contributed by atoms with Gasteiger partial charge in [-0.15, -0.1) is 0 Å². The van der Waals surface area contributed by atoms with E-state index in [1.165, 1.54) is 0 Å². The molecule has 0 aliphatic rings. The van der Waals surface area contributed by atoms with Gasteiger partial charge in [0.2, 0.25) is 0 Å². The Morgan fingerprint density at radius 3 is 1.14 bits per heavy atom. The fourth-order valence-electron chi connectivity index (χ4n) is 0. The smallest absolute Gasteiger partial charge is 0 e. The molecule has 7 heavy (non-hydrogen) atoms. The molecule has 0 saturated heterocycles. The molecule has 0 N–H and O–H groups in total. The minimum absolute atomic E-state index is 0. The van der Waals surface area contributed by atoms with Gasteiger partial charge in [-0.2, -0.15) is 0 Å². The first-order valence-corrected chi connectivity index (χ1v) is 2.41. The first kappa shape index (κ1) is 15.6. The predicted octanol–water partition coefficient (Wildman–Crippen LogP) is 2.33. The minimum Gasteiger partial charge on any atom is -0.0654 e. The normalized spacial score (nSPS) is 5.14. The van der Waals surface area contributed by atoms with Gasteiger partial charge in [0.1, 0.15) is 0 Å². The van der Waals surface area contributed by atoms with E-state index in [0.29, 0.717) is 0 Å². The SMILES string of the molecule is [CH2]CC.[CH2]CC.[Ga].[HH]. The topological polar surface area (TPSA) is 0 Å². The monoisotopic (exact) mass is 157 g/mol. The number of hydrogen-bond donors (Lipinski definition) is 0. The molecule has 0 unspecified atom stereocenters. The summed E-state index contributed by atoms with van der Waals surface area (Å²) in [5.74, 6) is 0. The van der Waals surface area contributed by atoms with Gasteiger partial charge in [0.05, 0.1) is 0 Å². The molecular formula is C6H16Ga. The van der Waals surface area contributed by atoms with Crippen molar-refractivity contribution in [3.8, 4) is 0 Å². The summed E-state index contributed by atoms with van der Waals surface area (Å²) < 4.78 is 0. The Morgan fingerprint density at radius 2 is 1.14 bits per heavy atom. The third-order valence-corrected chi connectivity index (χ3v) is 0. The van der Waals surface area contributed by atoms with E-state index in [1.807, 2.05) is 13.8 Å². The van der Waals surface area contributed by atoms with E-state index >= 15 is 0 Å². The largest absolute Gasteiger partial charge is 0.0654 e. The molecule has 0 saturated carbocycles. The molecule has 0 aliphatic carbocycles. The standard InChI is InChI=1S/2C3H7.Ga.H2/c2*1-3-2;;/h2*1,3H2,2H3;;1H. The van der Waals surface area contributed by atoms with Gasteiger partial charge in [-0.1, -0.05) is 40.5 Å². The molecule has 0 spiro atoms. The van der Waals surface area contributed by atoms with Crippen LogP contribution in [0, 0.1) is 13.8 Å². The van der Waals surface area contributed by atoms with Gasteiger partial charge in [0.15, 0.2) is 0 Å². The van der Waals surface area contributed by atoms with E-state index in [0.717, 1.165) is 12.8 Å². The zero-order chi connectivity index (χ0) is 5.41. The second-order valence-corrected chi connectivity index (χ2v) is 1.000. The van der Waals surface area contributed by atoms with Crippen LogP contribution in [0.5, 0.6) is 0 Å². The van der Waals surface area contributed by atoms with Crippen LogP contribution >= 0.6 is 0 Å². The van der Waals surface area contributed by atoms with Crippen LogP contribution in [-0.4, -0.2) is 19.8 Å². The van der Waals surface area contributed by atoms with Crippen molar-refractivity contribution in [2.24, 2.45) is 0 Å². The Labute approximate surface area is 62.2 Å². The first-order valence-electron chi connectivity index (χ1n) is 2.41. The van der Waals surface area contributed by atoms with Crippen LogP contribution in [0.4, 0.5) is 0 Å². The van der Waals surface area contributed by atoms with Crippen molar-refractivity contribution in [2.45, 2.75) is 26.7 Å². The Hall–Kier alpha value is 0.636. The van der Waals surface area contributed by atoms with E-state index in [4.69, 9.17) is 0 Å². The van der Waals surface area contributed by atoms with Crippen LogP contribution in [0.1, 0.15) is 28.1 Å². The molecule has 0 nitrogen and oxygen atoms in total. The van der Waals surface area contributed by atoms with Crippen molar-refractivity contribution < 1.29 is 1.43 Å². The Balaban J connectivity index is -0.0000000160. The van der Waals surface area contributed by atoms with Crippen molar-refractivity contribution in [1.29, 1.82) is 0 Å². The van der Waals surface area contributed by atoms with Gasteiger partial charge in [-0.3, -0.25) is 0 Å². The molecule has 0 heterocycles. The maximum Gasteiger partial charge on any atom is 0 e. The van der Waals surface area contributed by atoms with E-state index in [-0.39, 0.29) is 21.2 Å². The summed E-state index contributed by atoms with van der Waals surface area (Å²) in [5.41, 5.74) is 0. The summed E-state index contributed by atoms with van der Waals surface area (Å²) in [6.07, 6.45) is 2.00.